The number of likely N-dealkylation sites (tertiary alicyclic amines) is 1. The second kappa shape index (κ2) is 12.4. The number of aliphatic carboxylic acids is 1. The molecule has 182 valence electrons. The molecule has 1 aromatic carbocycles. The number of aromatic hydroxyl groups is 1. The zero-order chi connectivity index (χ0) is 24.5. The minimum atomic E-state index is -1.20. The Morgan fingerprint density at radius 1 is 1.21 bits per heavy atom. The number of carboxylic acids is 1. The lowest BCUT2D eigenvalue weighted by atomic mass is 10.0. The van der Waals surface area contributed by atoms with E-state index in [9.17, 15) is 29.4 Å². The summed E-state index contributed by atoms with van der Waals surface area (Å²) in [4.78, 5) is 51.1. The summed E-state index contributed by atoms with van der Waals surface area (Å²) in [7, 11) is 0. The van der Waals surface area contributed by atoms with E-state index in [1.54, 1.807) is 30.8 Å². The summed E-state index contributed by atoms with van der Waals surface area (Å²) in [6.45, 7) is 1.88. The van der Waals surface area contributed by atoms with Crippen LogP contribution < -0.4 is 16.4 Å². The molecule has 0 radical (unpaired) electrons. The van der Waals surface area contributed by atoms with Gasteiger partial charge in [-0.3, -0.25) is 14.4 Å². The number of amides is 3. The average Bonchev–Trinajstić information content (AvgIpc) is 3.27. The smallest absolute Gasteiger partial charge is 0.326 e. The first-order valence-electron chi connectivity index (χ1n) is 10.8. The number of benzene rings is 1. The Morgan fingerprint density at radius 3 is 2.48 bits per heavy atom. The number of hydrogen-bond acceptors (Lipinski definition) is 7. The van der Waals surface area contributed by atoms with Crippen molar-refractivity contribution >= 4 is 35.5 Å². The predicted molar refractivity (Wildman–Crippen MR) is 125 cm³/mol. The molecular formula is C22H32N4O6S. The third-order valence-corrected chi connectivity index (χ3v) is 6.17. The Hall–Kier alpha value is -2.79. The van der Waals surface area contributed by atoms with Gasteiger partial charge in [0.25, 0.3) is 0 Å². The SMILES string of the molecule is CSCCC(N)C(=O)NC(C)C(=O)N1CCCC1C(=O)NC(Cc1ccc(O)cc1)C(=O)O. The van der Waals surface area contributed by atoms with Crippen LogP contribution in [0.5, 0.6) is 5.75 Å². The molecule has 11 heteroatoms. The van der Waals surface area contributed by atoms with Gasteiger partial charge in [0.05, 0.1) is 6.04 Å². The zero-order valence-electron chi connectivity index (χ0n) is 18.8. The van der Waals surface area contributed by atoms with Crippen LogP contribution in [0, 0.1) is 0 Å². The lowest BCUT2D eigenvalue weighted by Crippen LogP contribution is -2.56. The first kappa shape index (κ1) is 26.5. The molecule has 4 unspecified atom stereocenters. The Balaban J connectivity index is 1.99. The molecule has 1 aliphatic heterocycles. The molecule has 4 atom stereocenters. The van der Waals surface area contributed by atoms with Crippen molar-refractivity contribution in [2.75, 3.05) is 18.6 Å². The summed E-state index contributed by atoms with van der Waals surface area (Å²) in [5, 5.41) is 24.1. The summed E-state index contributed by atoms with van der Waals surface area (Å²) in [5.41, 5.74) is 6.48. The maximum Gasteiger partial charge on any atom is 0.326 e. The predicted octanol–water partition coefficient (Wildman–Crippen LogP) is 0.0802. The number of carboxylic acid groups (broad SMARTS) is 1. The highest BCUT2D eigenvalue weighted by molar-refractivity contribution is 7.98. The van der Waals surface area contributed by atoms with E-state index >= 15 is 0 Å². The van der Waals surface area contributed by atoms with E-state index in [2.05, 4.69) is 10.6 Å². The first-order chi connectivity index (χ1) is 15.6. The van der Waals surface area contributed by atoms with E-state index in [0.717, 1.165) is 5.75 Å². The van der Waals surface area contributed by atoms with Crippen LogP contribution in [0.4, 0.5) is 0 Å². The summed E-state index contributed by atoms with van der Waals surface area (Å²) >= 11 is 1.57. The largest absolute Gasteiger partial charge is 0.508 e. The lowest BCUT2D eigenvalue weighted by Gasteiger charge is -2.28. The van der Waals surface area contributed by atoms with Gasteiger partial charge in [-0.05, 0) is 55.9 Å². The van der Waals surface area contributed by atoms with Gasteiger partial charge in [-0.25, -0.2) is 4.79 Å². The van der Waals surface area contributed by atoms with Crippen molar-refractivity contribution < 1.29 is 29.4 Å². The average molecular weight is 481 g/mol. The molecule has 1 heterocycles. The summed E-state index contributed by atoms with van der Waals surface area (Å²) in [6, 6.07) is 2.45. The molecule has 0 saturated carbocycles. The summed E-state index contributed by atoms with van der Waals surface area (Å²) in [5.74, 6) is -1.82. The minimum Gasteiger partial charge on any atom is -0.508 e. The zero-order valence-corrected chi connectivity index (χ0v) is 19.6. The molecule has 33 heavy (non-hydrogen) atoms. The van der Waals surface area contributed by atoms with Crippen LogP contribution in [0.3, 0.4) is 0 Å². The Labute approximate surface area is 197 Å². The molecule has 0 bridgehead atoms. The third kappa shape index (κ3) is 7.64. The van der Waals surface area contributed by atoms with Crippen molar-refractivity contribution in [1.29, 1.82) is 0 Å². The van der Waals surface area contributed by atoms with E-state index < -0.39 is 47.9 Å². The Morgan fingerprint density at radius 2 is 1.88 bits per heavy atom. The van der Waals surface area contributed by atoms with Gasteiger partial charge >= 0.3 is 5.97 Å². The maximum atomic E-state index is 12.9. The number of phenolic OH excluding ortho intramolecular Hbond substituents is 1. The fraction of sp³-hybridized carbons (Fsp3) is 0.545. The van der Waals surface area contributed by atoms with Crippen molar-refractivity contribution in [1.82, 2.24) is 15.5 Å². The van der Waals surface area contributed by atoms with E-state index in [1.807, 2.05) is 6.26 Å². The van der Waals surface area contributed by atoms with Gasteiger partial charge in [-0.1, -0.05) is 12.1 Å². The van der Waals surface area contributed by atoms with Gasteiger partial charge in [0.2, 0.25) is 17.7 Å². The van der Waals surface area contributed by atoms with E-state index in [4.69, 9.17) is 5.73 Å². The van der Waals surface area contributed by atoms with E-state index in [0.29, 0.717) is 31.4 Å². The van der Waals surface area contributed by atoms with Crippen LogP contribution in [0.2, 0.25) is 0 Å². The van der Waals surface area contributed by atoms with Gasteiger partial charge in [-0.2, -0.15) is 11.8 Å². The number of carbonyl (C=O) groups is 4. The second-order valence-corrected chi connectivity index (χ2v) is 9.06. The van der Waals surface area contributed by atoms with Gasteiger partial charge in [-0.15, -0.1) is 0 Å². The molecule has 10 nitrogen and oxygen atoms in total. The fourth-order valence-electron chi connectivity index (χ4n) is 3.65. The van der Waals surface area contributed by atoms with Gasteiger partial charge in [0, 0.05) is 13.0 Å². The van der Waals surface area contributed by atoms with Crippen LogP contribution in [-0.2, 0) is 25.6 Å². The fourth-order valence-corrected chi connectivity index (χ4v) is 4.14. The number of carbonyl (C=O) groups excluding carboxylic acids is 3. The molecule has 1 aromatic rings. The quantitative estimate of drug-likeness (QED) is 0.297. The number of nitrogens with two attached hydrogens (primary N) is 1. The van der Waals surface area contributed by atoms with Crippen molar-refractivity contribution in [3.63, 3.8) is 0 Å². The van der Waals surface area contributed by atoms with Crippen LogP contribution in [0.1, 0.15) is 31.7 Å². The molecule has 1 aliphatic rings. The van der Waals surface area contributed by atoms with Crippen LogP contribution in [0.25, 0.3) is 0 Å². The molecule has 6 N–H and O–H groups in total. The number of thioether (sulfide) groups is 1. The molecule has 2 rings (SSSR count). The summed E-state index contributed by atoms with van der Waals surface area (Å²) < 4.78 is 0. The van der Waals surface area contributed by atoms with Gasteiger partial charge in [0.15, 0.2) is 0 Å². The highest BCUT2D eigenvalue weighted by Gasteiger charge is 2.38. The highest BCUT2D eigenvalue weighted by Crippen LogP contribution is 2.19. The summed E-state index contributed by atoms with van der Waals surface area (Å²) in [6.07, 6.45) is 3.42. The first-order valence-corrected chi connectivity index (χ1v) is 12.2. The number of nitrogens with zero attached hydrogens (tertiary/aromatic N) is 1. The molecule has 3 amide bonds. The van der Waals surface area contributed by atoms with Crippen molar-refractivity contribution in [3.05, 3.63) is 29.8 Å². The molecule has 0 aliphatic carbocycles. The number of rotatable bonds is 11. The molecule has 1 saturated heterocycles. The molecule has 0 aromatic heterocycles. The van der Waals surface area contributed by atoms with Gasteiger partial charge in [0.1, 0.15) is 23.9 Å². The number of phenols is 1. The van der Waals surface area contributed by atoms with E-state index in [1.165, 1.54) is 17.0 Å². The molecule has 0 spiro atoms. The topological polar surface area (TPSA) is 162 Å². The van der Waals surface area contributed by atoms with Gasteiger partial charge < -0.3 is 31.5 Å². The van der Waals surface area contributed by atoms with Crippen LogP contribution >= 0.6 is 11.8 Å². The van der Waals surface area contributed by atoms with Crippen LogP contribution in [0.15, 0.2) is 24.3 Å². The number of hydrogen-bond donors (Lipinski definition) is 5. The highest BCUT2D eigenvalue weighted by atomic mass is 32.2. The normalized spacial score (nSPS) is 18.3. The van der Waals surface area contributed by atoms with Crippen molar-refractivity contribution in [3.8, 4) is 5.75 Å². The van der Waals surface area contributed by atoms with Crippen molar-refractivity contribution in [2.24, 2.45) is 5.73 Å². The lowest BCUT2D eigenvalue weighted by molar-refractivity contribution is -0.144. The van der Waals surface area contributed by atoms with Crippen molar-refractivity contribution in [2.45, 2.75) is 56.8 Å². The second-order valence-electron chi connectivity index (χ2n) is 8.08. The maximum absolute atomic E-state index is 12.9. The Kier molecular flexibility index (Phi) is 9.98. The monoisotopic (exact) mass is 480 g/mol. The third-order valence-electron chi connectivity index (χ3n) is 5.53. The molecule has 1 fully saturated rings. The van der Waals surface area contributed by atoms with E-state index in [-0.39, 0.29) is 12.2 Å². The Bertz CT molecular complexity index is 850. The number of nitrogens with one attached hydrogen (secondary N) is 2. The minimum absolute atomic E-state index is 0.0302. The molecular weight excluding hydrogens is 448 g/mol. The van der Waals surface area contributed by atoms with Crippen LogP contribution in [-0.4, -0.2) is 81.5 Å². The standard InChI is InChI=1S/C22H32N4O6S/c1-13(24-19(28)16(23)9-11-33-2)21(30)26-10-3-4-18(26)20(29)25-17(22(31)32)12-14-5-7-15(27)8-6-14/h5-8,13,16-18,27H,3-4,9-12,23H2,1-2H3,(H,24,28)(H,25,29)(H,31,32).